The molecule has 1 saturated heterocycles. The highest BCUT2D eigenvalue weighted by atomic mass is 16.5. The monoisotopic (exact) mass is 115 g/mol. The minimum Gasteiger partial charge on any atom is -0.376 e. The number of hydrogen-bond acceptors (Lipinski definition) is 1. The molecule has 1 unspecified atom stereocenters. The molecule has 0 aromatic heterocycles. The second-order valence-electron chi connectivity index (χ2n) is 2.52. The molecule has 0 amide bonds. The lowest BCUT2D eigenvalue weighted by Crippen LogP contribution is -2.22. The Bertz CT molecular complexity index is 69.9. The molecule has 1 heterocycles. The fourth-order valence-corrected chi connectivity index (χ4v) is 1.07. The van der Waals surface area contributed by atoms with Crippen LogP contribution in [0.3, 0.4) is 0 Å². The molecule has 1 fully saturated rings. The van der Waals surface area contributed by atoms with E-state index < -0.39 is 0 Å². The largest absolute Gasteiger partial charge is 0.376 e. The molecule has 1 heteroatoms. The van der Waals surface area contributed by atoms with Crippen molar-refractivity contribution in [2.45, 2.75) is 45.3 Å². The highest BCUT2D eigenvalue weighted by Crippen LogP contribution is 2.17. The average Bonchev–Trinajstić information content (AvgIpc) is 1.59. The predicted molar refractivity (Wildman–Crippen MR) is 33.9 cm³/mol. The van der Waals surface area contributed by atoms with Crippen LogP contribution in [0.4, 0.5) is 0 Å². The summed E-state index contributed by atoms with van der Waals surface area (Å²) in [6, 6.07) is 0. The third-order valence-corrected chi connectivity index (χ3v) is 1.46. The Kier molecular flexibility index (Phi) is 1.50. The van der Waals surface area contributed by atoms with Crippen LogP contribution in [0, 0.1) is 0 Å². The van der Waals surface area contributed by atoms with Gasteiger partial charge < -0.3 is 4.74 Å². The second-order valence-corrected chi connectivity index (χ2v) is 2.52. The molecule has 1 aliphatic heterocycles. The van der Waals surface area contributed by atoms with Gasteiger partial charge in [-0.3, -0.25) is 0 Å². The lowest BCUT2D eigenvalue weighted by molar-refractivity contribution is -0.0292. The first-order chi connectivity index (χ1) is 4.18. The van der Waals surface area contributed by atoms with Crippen molar-refractivity contribution in [1.29, 1.82) is 0 Å². The molecule has 8 heavy (non-hydrogen) atoms. The predicted octanol–water partition coefficient (Wildman–Crippen LogP) is 1.96. The summed E-state index contributed by atoms with van der Waals surface area (Å²) in [5.41, 5.74) is 0. The van der Waals surface area contributed by atoms with E-state index in [2.05, 4.69) is 0 Å². The summed E-state index contributed by atoms with van der Waals surface area (Å²) in [5, 5.41) is 0. The third kappa shape index (κ3) is 1.48. The fourth-order valence-electron chi connectivity index (χ4n) is 1.07. The quantitative estimate of drug-likeness (QED) is 0.469. The van der Waals surface area contributed by atoms with E-state index in [1.807, 2.05) is 13.8 Å². The van der Waals surface area contributed by atoms with Gasteiger partial charge in [-0.2, -0.15) is 0 Å². The molecule has 0 aromatic rings. The molecule has 0 radical (unpaired) electrons. The van der Waals surface area contributed by atoms with E-state index in [4.69, 9.17) is 6.11 Å². The summed E-state index contributed by atoms with van der Waals surface area (Å²) in [7, 11) is 0. The van der Waals surface area contributed by atoms with Crippen LogP contribution in [0.2, 0.25) is 0 Å². The molecule has 0 aliphatic carbocycles. The number of rotatable bonds is 0. The maximum atomic E-state index is 7.45. The molecular formula is C7H14O. The molecule has 0 aromatic carbocycles. The van der Waals surface area contributed by atoms with Gasteiger partial charge in [0.25, 0.3) is 0 Å². The normalized spacial score (nSPS) is 50.8. The molecular weight excluding hydrogens is 100 g/mol. The molecule has 0 bridgehead atoms. The standard InChI is InChI=1S/C7H14O/c1-6-4-3-5-7(2)8-6/h6-7H,3-5H2,1-2H3/t6-,7+/i3D/t3?,6-,7+. The number of hydrogen-bond donors (Lipinski definition) is 0. The van der Waals surface area contributed by atoms with Crippen molar-refractivity contribution in [1.82, 2.24) is 0 Å². The summed E-state index contributed by atoms with van der Waals surface area (Å²) < 4.78 is 12.9. The van der Waals surface area contributed by atoms with E-state index in [-0.39, 0.29) is 6.40 Å². The summed E-state index contributed by atoms with van der Waals surface area (Å²) in [4.78, 5) is 0. The van der Waals surface area contributed by atoms with Crippen LogP contribution in [0.5, 0.6) is 0 Å². The topological polar surface area (TPSA) is 9.23 Å². The van der Waals surface area contributed by atoms with Crippen molar-refractivity contribution in [3.63, 3.8) is 0 Å². The van der Waals surface area contributed by atoms with Crippen LogP contribution < -0.4 is 0 Å². The van der Waals surface area contributed by atoms with Gasteiger partial charge in [0.05, 0.1) is 12.2 Å². The van der Waals surface area contributed by atoms with Gasteiger partial charge in [-0.1, -0.05) is 0 Å². The van der Waals surface area contributed by atoms with Gasteiger partial charge in [-0.05, 0) is 33.1 Å². The maximum absolute atomic E-state index is 7.45. The molecule has 1 nitrogen and oxygen atoms in total. The molecule has 1 aliphatic rings. The van der Waals surface area contributed by atoms with E-state index in [1.54, 1.807) is 0 Å². The average molecular weight is 115 g/mol. The Morgan fingerprint density at radius 1 is 1.38 bits per heavy atom. The molecule has 0 N–H and O–H groups in total. The summed E-state index contributed by atoms with van der Waals surface area (Å²) in [6.07, 6.45) is 2.53. The van der Waals surface area contributed by atoms with E-state index in [0.717, 1.165) is 12.8 Å². The maximum Gasteiger partial charge on any atom is 0.0550 e. The van der Waals surface area contributed by atoms with E-state index >= 15 is 0 Å². The lowest BCUT2D eigenvalue weighted by Gasteiger charge is -2.24. The minimum absolute atomic E-state index is 0.115. The van der Waals surface area contributed by atoms with Crippen molar-refractivity contribution in [2.24, 2.45) is 0 Å². The van der Waals surface area contributed by atoms with Crippen LogP contribution in [0.1, 0.15) is 34.5 Å². The summed E-state index contributed by atoms with van der Waals surface area (Å²) >= 11 is 0. The van der Waals surface area contributed by atoms with Crippen LogP contribution in [0.15, 0.2) is 0 Å². The van der Waals surface area contributed by atoms with E-state index in [1.165, 1.54) is 0 Å². The Morgan fingerprint density at radius 3 is 2.25 bits per heavy atom. The summed E-state index contributed by atoms with van der Waals surface area (Å²) in [5.74, 6) is 0. The zero-order valence-electron chi connectivity index (χ0n) is 6.55. The van der Waals surface area contributed by atoms with Gasteiger partial charge >= 0.3 is 0 Å². The minimum atomic E-state index is 0.115. The molecule has 3 atom stereocenters. The van der Waals surface area contributed by atoms with E-state index in [0.29, 0.717) is 12.2 Å². The van der Waals surface area contributed by atoms with Crippen molar-refractivity contribution in [3.05, 3.63) is 0 Å². The van der Waals surface area contributed by atoms with Gasteiger partial charge in [0.2, 0.25) is 0 Å². The SMILES string of the molecule is [2H]C1C[C@@H](C)O[C@@H](C)C1. The first-order valence-corrected chi connectivity index (χ1v) is 3.26. The van der Waals surface area contributed by atoms with Crippen molar-refractivity contribution >= 4 is 0 Å². The smallest absolute Gasteiger partial charge is 0.0550 e. The van der Waals surface area contributed by atoms with Crippen LogP contribution in [-0.4, -0.2) is 12.2 Å². The number of ether oxygens (including phenoxy) is 1. The van der Waals surface area contributed by atoms with Gasteiger partial charge in [0.15, 0.2) is 0 Å². The molecule has 0 saturated carbocycles. The first kappa shape index (κ1) is 4.80. The second kappa shape index (κ2) is 2.49. The van der Waals surface area contributed by atoms with Crippen LogP contribution in [0.25, 0.3) is 0 Å². The Labute approximate surface area is 52.4 Å². The zero-order chi connectivity index (χ0) is 6.85. The van der Waals surface area contributed by atoms with Crippen molar-refractivity contribution in [2.75, 3.05) is 0 Å². The third-order valence-electron chi connectivity index (χ3n) is 1.46. The van der Waals surface area contributed by atoms with Crippen LogP contribution in [-0.2, 0) is 4.74 Å². The van der Waals surface area contributed by atoms with Gasteiger partial charge in [-0.25, -0.2) is 0 Å². The highest BCUT2D eigenvalue weighted by Gasteiger charge is 2.13. The first-order valence-electron chi connectivity index (χ1n) is 3.84. The zero-order valence-corrected chi connectivity index (χ0v) is 5.55. The molecule has 48 valence electrons. The summed E-state index contributed by atoms with van der Waals surface area (Å²) in [6.45, 7) is 4.08. The fraction of sp³-hybridized carbons (Fsp3) is 1.00. The molecule has 1 rings (SSSR count). The highest BCUT2D eigenvalue weighted by molar-refractivity contribution is 4.63. The van der Waals surface area contributed by atoms with Crippen molar-refractivity contribution in [3.8, 4) is 0 Å². The lowest BCUT2D eigenvalue weighted by atomic mass is 10.1. The Balaban J connectivity index is 2.34. The van der Waals surface area contributed by atoms with Crippen LogP contribution >= 0.6 is 0 Å². The Morgan fingerprint density at radius 2 is 1.88 bits per heavy atom. The van der Waals surface area contributed by atoms with Gasteiger partial charge in [-0.15, -0.1) is 0 Å². The van der Waals surface area contributed by atoms with Gasteiger partial charge in [0, 0.05) is 1.37 Å². The van der Waals surface area contributed by atoms with Crippen molar-refractivity contribution < 1.29 is 6.11 Å². The Hall–Kier alpha value is -0.0400. The van der Waals surface area contributed by atoms with E-state index in [9.17, 15) is 0 Å². The molecule has 0 spiro atoms. The van der Waals surface area contributed by atoms with Gasteiger partial charge in [0.1, 0.15) is 0 Å².